The van der Waals surface area contributed by atoms with E-state index in [1.165, 1.54) is 12.8 Å². The predicted octanol–water partition coefficient (Wildman–Crippen LogP) is 2.40. The van der Waals surface area contributed by atoms with Gasteiger partial charge in [-0.05, 0) is 32.1 Å². The summed E-state index contributed by atoms with van der Waals surface area (Å²) in [5.41, 5.74) is 5.57. The van der Waals surface area contributed by atoms with Gasteiger partial charge in [-0.15, -0.1) is 0 Å². The van der Waals surface area contributed by atoms with Crippen LogP contribution in [0.4, 0.5) is 0 Å². The molecule has 0 bridgehead atoms. The molecule has 1 atom stereocenters. The molecule has 1 fully saturated rings. The summed E-state index contributed by atoms with van der Waals surface area (Å²) in [5, 5.41) is 0. The third-order valence-electron chi connectivity index (χ3n) is 4.14. The van der Waals surface area contributed by atoms with E-state index in [0.717, 1.165) is 19.3 Å². The molecule has 0 spiro atoms. The lowest BCUT2D eigenvalue weighted by Crippen LogP contribution is -2.47. The Labute approximate surface area is 106 Å². The molecular weight excluding hydrogens is 212 g/mol. The zero-order chi connectivity index (χ0) is 13.1. The second-order valence-corrected chi connectivity index (χ2v) is 6.09. The van der Waals surface area contributed by atoms with Crippen LogP contribution in [0.3, 0.4) is 0 Å². The molecule has 1 rings (SSSR count). The SMILES string of the molecule is CC(C)CC1(C(=O)N(C)C(C)CN)CCCC1. The zero-order valence-electron chi connectivity index (χ0n) is 11.8. The molecular formula is C14H28N2O. The van der Waals surface area contributed by atoms with Gasteiger partial charge >= 0.3 is 0 Å². The number of carbonyl (C=O) groups excluding carboxylic acids is 1. The van der Waals surface area contributed by atoms with Crippen molar-refractivity contribution in [2.24, 2.45) is 17.1 Å². The smallest absolute Gasteiger partial charge is 0.228 e. The summed E-state index contributed by atoms with van der Waals surface area (Å²) >= 11 is 0. The highest BCUT2D eigenvalue weighted by molar-refractivity contribution is 5.83. The molecule has 2 N–H and O–H groups in total. The van der Waals surface area contributed by atoms with Gasteiger partial charge < -0.3 is 10.6 Å². The molecule has 0 radical (unpaired) electrons. The lowest BCUT2D eigenvalue weighted by molar-refractivity contribution is -0.143. The molecule has 0 aromatic rings. The molecule has 0 heterocycles. The van der Waals surface area contributed by atoms with Crippen LogP contribution in [-0.4, -0.2) is 30.4 Å². The number of nitrogens with zero attached hydrogens (tertiary/aromatic N) is 1. The van der Waals surface area contributed by atoms with E-state index in [1.54, 1.807) is 0 Å². The average Bonchev–Trinajstić information content (AvgIpc) is 2.74. The number of hydrogen-bond acceptors (Lipinski definition) is 2. The van der Waals surface area contributed by atoms with E-state index < -0.39 is 0 Å². The molecule has 0 aromatic carbocycles. The van der Waals surface area contributed by atoms with Crippen LogP contribution in [0.1, 0.15) is 52.9 Å². The van der Waals surface area contributed by atoms with E-state index in [2.05, 4.69) is 13.8 Å². The van der Waals surface area contributed by atoms with E-state index in [-0.39, 0.29) is 11.5 Å². The highest BCUT2D eigenvalue weighted by atomic mass is 16.2. The Bertz CT molecular complexity index is 257. The van der Waals surface area contributed by atoms with Gasteiger partial charge in [0.25, 0.3) is 0 Å². The van der Waals surface area contributed by atoms with E-state index in [9.17, 15) is 4.79 Å². The van der Waals surface area contributed by atoms with Crippen LogP contribution in [0.25, 0.3) is 0 Å². The summed E-state index contributed by atoms with van der Waals surface area (Å²) < 4.78 is 0. The first-order chi connectivity index (χ1) is 7.93. The van der Waals surface area contributed by atoms with Crippen molar-refractivity contribution in [3.8, 4) is 0 Å². The molecule has 3 heteroatoms. The van der Waals surface area contributed by atoms with E-state index >= 15 is 0 Å². The van der Waals surface area contributed by atoms with Gasteiger partial charge in [0.1, 0.15) is 0 Å². The summed E-state index contributed by atoms with van der Waals surface area (Å²) in [7, 11) is 1.90. The molecule has 0 saturated heterocycles. The number of amides is 1. The number of rotatable bonds is 5. The average molecular weight is 240 g/mol. The molecule has 100 valence electrons. The molecule has 1 unspecified atom stereocenters. The van der Waals surface area contributed by atoms with Crippen LogP contribution in [0.2, 0.25) is 0 Å². The second-order valence-electron chi connectivity index (χ2n) is 6.09. The minimum Gasteiger partial charge on any atom is -0.341 e. The van der Waals surface area contributed by atoms with E-state index in [1.807, 2.05) is 18.9 Å². The van der Waals surface area contributed by atoms with Crippen LogP contribution < -0.4 is 5.73 Å². The van der Waals surface area contributed by atoms with Crippen molar-refractivity contribution in [3.05, 3.63) is 0 Å². The molecule has 0 aliphatic heterocycles. The number of hydrogen-bond donors (Lipinski definition) is 1. The Morgan fingerprint density at radius 2 is 1.82 bits per heavy atom. The quantitative estimate of drug-likeness (QED) is 0.802. The van der Waals surface area contributed by atoms with Crippen molar-refractivity contribution in [1.29, 1.82) is 0 Å². The maximum atomic E-state index is 12.7. The van der Waals surface area contributed by atoms with Crippen LogP contribution in [0, 0.1) is 11.3 Å². The van der Waals surface area contributed by atoms with Crippen molar-refractivity contribution in [2.75, 3.05) is 13.6 Å². The fourth-order valence-electron chi connectivity index (χ4n) is 3.07. The zero-order valence-corrected chi connectivity index (χ0v) is 11.8. The Balaban J connectivity index is 2.80. The first kappa shape index (κ1) is 14.5. The topological polar surface area (TPSA) is 46.3 Å². The summed E-state index contributed by atoms with van der Waals surface area (Å²) in [4.78, 5) is 14.5. The fourth-order valence-corrected chi connectivity index (χ4v) is 3.07. The fraction of sp³-hybridized carbons (Fsp3) is 0.929. The van der Waals surface area contributed by atoms with Gasteiger partial charge in [-0.25, -0.2) is 0 Å². The summed E-state index contributed by atoms with van der Waals surface area (Å²) in [6.07, 6.45) is 5.54. The maximum absolute atomic E-state index is 12.7. The molecule has 17 heavy (non-hydrogen) atoms. The van der Waals surface area contributed by atoms with Gasteiger partial charge in [-0.3, -0.25) is 4.79 Å². The van der Waals surface area contributed by atoms with Crippen LogP contribution >= 0.6 is 0 Å². The summed E-state index contributed by atoms with van der Waals surface area (Å²) in [6.45, 7) is 6.98. The van der Waals surface area contributed by atoms with Crippen molar-refractivity contribution in [3.63, 3.8) is 0 Å². The largest absolute Gasteiger partial charge is 0.341 e. The normalized spacial score (nSPS) is 20.6. The molecule has 1 amide bonds. The standard InChI is InChI=1S/C14H28N2O/c1-11(2)9-14(7-5-6-8-14)13(17)16(4)12(3)10-15/h11-12H,5-10,15H2,1-4H3. The third kappa shape index (κ3) is 3.21. The Hall–Kier alpha value is -0.570. The minimum absolute atomic E-state index is 0.0909. The Morgan fingerprint density at radius 3 is 2.24 bits per heavy atom. The number of carbonyl (C=O) groups is 1. The van der Waals surface area contributed by atoms with Gasteiger partial charge in [-0.2, -0.15) is 0 Å². The van der Waals surface area contributed by atoms with E-state index in [4.69, 9.17) is 5.73 Å². The summed E-state index contributed by atoms with van der Waals surface area (Å²) in [5.74, 6) is 0.903. The van der Waals surface area contributed by atoms with Gasteiger partial charge in [0, 0.05) is 25.0 Å². The highest BCUT2D eigenvalue weighted by Gasteiger charge is 2.43. The van der Waals surface area contributed by atoms with Crippen molar-refractivity contribution < 1.29 is 4.79 Å². The monoisotopic (exact) mass is 240 g/mol. The molecule has 3 nitrogen and oxygen atoms in total. The van der Waals surface area contributed by atoms with Gasteiger partial charge in [0.2, 0.25) is 5.91 Å². The van der Waals surface area contributed by atoms with Crippen LogP contribution in [0.15, 0.2) is 0 Å². The minimum atomic E-state index is -0.0909. The van der Waals surface area contributed by atoms with Crippen molar-refractivity contribution in [1.82, 2.24) is 4.90 Å². The molecule has 1 aliphatic carbocycles. The lowest BCUT2D eigenvalue weighted by atomic mass is 9.77. The highest BCUT2D eigenvalue weighted by Crippen LogP contribution is 2.44. The predicted molar refractivity (Wildman–Crippen MR) is 71.6 cm³/mol. The molecule has 1 saturated carbocycles. The van der Waals surface area contributed by atoms with Gasteiger partial charge in [-0.1, -0.05) is 26.7 Å². The third-order valence-corrected chi connectivity index (χ3v) is 4.14. The Kier molecular flexibility index (Phi) is 4.99. The Morgan fingerprint density at radius 1 is 1.29 bits per heavy atom. The maximum Gasteiger partial charge on any atom is 0.228 e. The van der Waals surface area contributed by atoms with Crippen molar-refractivity contribution >= 4 is 5.91 Å². The van der Waals surface area contributed by atoms with Gasteiger partial charge in [0.05, 0.1) is 0 Å². The van der Waals surface area contributed by atoms with Gasteiger partial charge in [0.15, 0.2) is 0 Å². The molecule has 0 aromatic heterocycles. The number of likely N-dealkylation sites (N-methyl/N-ethyl adjacent to an activating group) is 1. The van der Waals surface area contributed by atoms with Crippen LogP contribution in [-0.2, 0) is 4.79 Å². The summed E-state index contributed by atoms with van der Waals surface area (Å²) in [6, 6.07) is 0.145. The first-order valence-corrected chi connectivity index (χ1v) is 6.90. The van der Waals surface area contributed by atoms with E-state index in [0.29, 0.717) is 18.4 Å². The second kappa shape index (κ2) is 5.85. The first-order valence-electron chi connectivity index (χ1n) is 6.90. The number of nitrogens with two attached hydrogens (primary N) is 1. The van der Waals surface area contributed by atoms with Crippen LogP contribution in [0.5, 0.6) is 0 Å². The lowest BCUT2D eigenvalue weighted by Gasteiger charge is -2.36. The van der Waals surface area contributed by atoms with Crippen molar-refractivity contribution in [2.45, 2.75) is 58.9 Å². The molecule has 1 aliphatic rings.